The lowest BCUT2D eigenvalue weighted by molar-refractivity contribution is -0.265. The normalized spacial score (nSPS) is 27.2. The van der Waals surface area contributed by atoms with Crippen LogP contribution >= 0.6 is 0 Å². The number of oxazole rings is 1. The van der Waals surface area contributed by atoms with Gasteiger partial charge in [-0.1, -0.05) is 89.3 Å². The number of aromatic nitrogens is 9. The van der Waals surface area contributed by atoms with Gasteiger partial charge in [0.2, 0.25) is 23.6 Å². The number of esters is 1. The van der Waals surface area contributed by atoms with E-state index in [-0.39, 0.29) is 86.6 Å². The number of hydrogen-bond acceptors (Lipinski definition) is 31. The van der Waals surface area contributed by atoms with Crippen LogP contribution in [0.15, 0.2) is 120 Å². The summed E-state index contributed by atoms with van der Waals surface area (Å²) in [6, 6.07) is 10.7. The number of cyclic esters (lactones) is 1. The third-order valence-electron chi connectivity index (χ3n) is 27.4. The van der Waals surface area contributed by atoms with Crippen LogP contribution in [0.4, 0.5) is 28.5 Å². The number of methoxy groups -OCH3 is 3. The number of nitrogens with zero attached hydrogens (tertiary/aromatic N) is 15. The fraction of sp³-hybridized carbons (Fsp3) is 0.567. The molecule has 14 rings (SSSR count). The van der Waals surface area contributed by atoms with Gasteiger partial charge in [0.15, 0.2) is 29.2 Å². The molecule has 2 bridgehead atoms. The highest BCUT2D eigenvalue weighted by Gasteiger charge is 2.53. The minimum Gasteiger partial charge on any atom is -0.460 e. The van der Waals surface area contributed by atoms with E-state index in [1.54, 1.807) is 78.8 Å². The van der Waals surface area contributed by atoms with Crippen LogP contribution in [0.3, 0.4) is 0 Å². The molecule has 7 aliphatic rings. The molecule has 36 nitrogen and oxygen atoms in total. The monoisotopic (exact) mass is 1830 g/mol. The van der Waals surface area contributed by atoms with Gasteiger partial charge in [-0.05, 0) is 148 Å². The number of anilines is 4. The Labute approximate surface area is 775 Å². The molecule has 714 valence electrons. The summed E-state index contributed by atoms with van der Waals surface area (Å²) in [5.74, 6) is -7.85. The largest absolute Gasteiger partial charge is 0.460 e. The van der Waals surface area contributed by atoms with E-state index in [9.17, 15) is 48.6 Å². The summed E-state index contributed by atoms with van der Waals surface area (Å²) in [5.41, 5.74) is 20.8. The second kappa shape index (κ2) is 44.6. The quantitative estimate of drug-likeness (QED) is 0.0194. The first-order chi connectivity index (χ1) is 64.0. The van der Waals surface area contributed by atoms with Crippen molar-refractivity contribution in [3.8, 4) is 11.3 Å². The van der Waals surface area contributed by atoms with Crippen molar-refractivity contribution < 1.29 is 86.1 Å². The Morgan fingerprint density at radius 1 is 0.729 bits per heavy atom. The average molecular weight is 1830 g/mol. The zero-order valence-electron chi connectivity index (χ0n) is 77.9. The molecule has 4 amide bonds. The van der Waals surface area contributed by atoms with E-state index in [2.05, 4.69) is 62.1 Å². The van der Waals surface area contributed by atoms with Crippen LogP contribution in [0.25, 0.3) is 33.4 Å². The molecular weight excluding hydrogens is 1710 g/mol. The number of nitrogens with two attached hydrogens (primary N) is 2. The topological polar surface area (TPSA) is 446 Å². The van der Waals surface area contributed by atoms with Gasteiger partial charge in [-0.2, -0.15) is 10.1 Å². The lowest BCUT2D eigenvalue weighted by Crippen LogP contribution is -2.61. The van der Waals surface area contributed by atoms with Crippen molar-refractivity contribution in [3.05, 3.63) is 143 Å². The van der Waals surface area contributed by atoms with Crippen LogP contribution in [0, 0.1) is 35.5 Å². The molecule has 36 heteroatoms. The summed E-state index contributed by atoms with van der Waals surface area (Å²) in [7, 11) is 4.48. The number of rotatable bonds is 21. The van der Waals surface area contributed by atoms with Crippen molar-refractivity contribution >= 4 is 93.0 Å². The summed E-state index contributed by atoms with van der Waals surface area (Å²) in [5, 5.41) is 31.3. The molecule has 5 aromatic heterocycles. The lowest BCUT2D eigenvalue weighted by atomic mass is 9.78. The number of aliphatic hydroxyl groups is 2. The number of hydrogen-bond donors (Lipinski definition) is 5. The maximum Gasteiger partial charge on any atom is 0.408 e. The Bertz CT molecular complexity index is 5400. The minimum atomic E-state index is -2.49. The molecule has 133 heavy (non-hydrogen) atoms. The van der Waals surface area contributed by atoms with E-state index in [4.69, 9.17) is 54.1 Å². The maximum absolute atomic E-state index is 14.9. The number of carbonyl (C=O) groups is 8. The Morgan fingerprint density at radius 3 is 2.21 bits per heavy atom. The van der Waals surface area contributed by atoms with Gasteiger partial charge in [0, 0.05) is 173 Å². The molecule has 7 aromatic rings. The highest BCUT2D eigenvalue weighted by molar-refractivity contribution is 6.39. The highest BCUT2D eigenvalue weighted by Crippen LogP contribution is 2.40. The summed E-state index contributed by atoms with van der Waals surface area (Å²) in [6.07, 6.45) is 17.6. The number of allylic oxidation sites excluding steroid dienone is 6. The number of nitrogens with one attached hydrogen (secondary N) is 1. The fourth-order valence-corrected chi connectivity index (χ4v) is 19.4. The van der Waals surface area contributed by atoms with E-state index in [0.29, 0.717) is 199 Å². The number of Topliss-reactive ketones (excluding diaryl/α,β-unsaturated/α-hetero) is 3. The SMILES string of the molecule is CO[C@H]1C[C@@H]2CC[C@@H](C)[C@@](O)(O2)C(=O)C(=O)N2CCCC[C@H]2C(=O)O[C@H]([C@H](C)C[C@@H]2CC[C@@H](O)[C@H](OC)C2)CC(=O)[C@H](C)/C=C(\C)[C@@H](OC(=O)NCc2cnc(N3CCN(C(=O)CCOCCN4CCN(c5ncc(C(=O)N6CCc7cc(Cn8nc(-c9ccc%10oc(N)nc%10c9)c9c(N)ncnc98)ccc7C6)cn5)CC4)CC3)nc2)[C@@H](OC)C(=O)[C@H](C)C[C@H](C)/C=C/C=CC=C1C. The molecule has 0 radical (unpaired) electrons. The van der Waals surface area contributed by atoms with Crippen molar-refractivity contribution in [1.29, 1.82) is 0 Å². The molecule has 1 saturated carbocycles. The van der Waals surface area contributed by atoms with Crippen molar-refractivity contribution in [2.75, 3.05) is 128 Å². The van der Waals surface area contributed by atoms with Gasteiger partial charge in [0.25, 0.3) is 23.6 Å². The molecule has 2 aromatic carbocycles. The van der Waals surface area contributed by atoms with Crippen LogP contribution in [0.1, 0.15) is 165 Å². The van der Waals surface area contributed by atoms with E-state index in [1.165, 1.54) is 18.3 Å². The van der Waals surface area contributed by atoms with Crippen LogP contribution < -0.4 is 26.6 Å². The smallest absolute Gasteiger partial charge is 0.408 e. The predicted octanol–water partition coefficient (Wildman–Crippen LogP) is 8.93. The number of carbonyl (C=O) groups excluding carboxylic acids is 8. The van der Waals surface area contributed by atoms with Gasteiger partial charge >= 0.3 is 12.1 Å². The summed E-state index contributed by atoms with van der Waals surface area (Å²) in [4.78, 5) is 158. The number of fused-ring (bicyclic) bond motifs is 6. The number of nitrogen functional groups attached to an aromatic ring is 2. The van der Waals surface area contributed by atoms with Crippen molar-refractivity contribution in [3.63, 3.8) is 0 Å². The first-order valence-electron chi connectivity index (χ1n) is 46.7. The van der Waals surface area contributed by atoms with Gasteiger partial charge in [0.1, 0.15) is 41.3 Å². The van der Waals surface area contributed by atoms with E-state index in [1.807, 2.05) is 88.7 Å². The molecule has 7 N–H and O–H groups in total. The molecule has 1 aliphatic carbocycles. The van der Waals surface area contributed by atoms with Gasteiger partial charge < -0.3 is 89.1 Å². The van der Waals surface area contributed by atoms with Crippen molar-refractivity contribution in [1.82, 2.24) is 69.6 Å². The van der Waals surface area contributed by atoms with Gasteiger partial charge in [-0.15, -0.1) is 0 Å². The first kappa shape index (κ1) is 97.6. The van der Waals surface area contributed by atoms with Gasteiger partial charge in [-0.3, -0.25) is 33.7 Å². The average Bonchev–Trinajstić information content (AvgIpc) is 1.74. The predicted molar refractivity (Wildman–Crippen MR) is 494 cm³/mol. The number of benzene rings is 2. The molecular formula is C97H128N18O18. The number of ether oxygens (including phenoxy) is 7. The zero-order valence-corrected chi connectivity index (χ0v) is 77.9. The number of alkyl carbamates (subject to hydrolysis) is 1. The van der Waals surface area contributed by atoms with E-state index >= 15 is 0 Å². The Kier molecular flexibility index (Phi) is 32.8. The Hall–Kier alpha value is -11.4. The van der Waals surface area contributed by atoms with E-state index < -0.39 is 102 Å². The number of piperidine rings is 1. The van der Waals surface area contributed by atoms with Crippen LogP contribution in [0.2, 0.25) is 0 Å². The van der Waals surface area contributed by atoms with Gasteiger partial charge in [0.05, 0.1) is 61.5 Å². The summed E-state index contributed by atoms with van der Waals surface area (Å²) in [6.45, 7) is 20.2. The zero-order chi connectivity index (χ0) is 94.3. The number of piperazine rings is 2. The highest BCUT2D eigenvalue weighted by atomic mass is 16.6. The van der Waals surface area contributed by atoms with Crippen LogP contribution in [-0.2, 0) is 88.0 Å². The molecule has 4 saturated heterocycles. The second-order valence-corrected chi connectivity index (χ2v) is 36.8. The standard InChI is InChI=1S/C97H128N18O18/c1-58-16-12-11-13-17-59(2)78(126-8)48-72-24-19-64(7)97(125,133-72)87(120)91(122)114-29-15-14-18-74(114)92(123)130-79(61(4)44-65-21-25-75(116)80(46-65)127-9)49-76(117)60(3)43-63(6)85(86(128-10)84(119)62(5)42-58)132-96(124)104-52-67-50-100-94(101-51-67)112-37-35-110(36-38-112)81(118)28-40-129-41-39-109-31-33-111(34-32-109)95-102-53-71(54-103-95)90(121)113-30-27-68-45-66(20-22-70(68)56-113)55-115-89-82(88(98)105-57-106-89)83(108-115)69-23-26-77-73(47-69)107-93(99)131-77/h11-13,16-17,20,22-23,26,43,45,47,50-51,53-54,57-58,60-62,64-65,72,74-75,78-80,85-86,116,125H,14-15,18-19,21,24-25,27-42,44,46,48-49,52,55-56H2,1-10H3,(H2,99,107)(H,104,124)(H2,98,105,106)/b13-11?,16-12+,59-17?,63-43+/t58-,60-,61-,62-,64-,65+,72+,74+,75-,78+,79+,80-,85-,86+,97-/m1/s1. The molecule has 5 fully saturated rings. The summed E-state index contributed by atoms with van der Waals surface area (Å²) < 4.78 is 49.8. The minimum absolute atomic E-state index is 0.0110. The number of amides is 4. The molecule has 6 aliphatic heterocycles. The maximum atomic E-state index is 14.9. The van der Waals surface area contributed by atoms with Gasteiger partial charge in [-0.25, -0.2) is 44.2 Å². The van der Waals surface area contributed by atoms with Crippen LogP contribution in [-0.4, -0.2) is 283 Å². The Balaban J connectivity index is 0.539. The van der Waals surface area contributed by atoms with Crippen LogP contribution in [0.5, 0.6) is 0 Å². The summed E-state index contributed by atoms with van der Waals surface area (Å²) >= 11 is 0. The molecule has 11 heterocycles. The Morgan fingerprint density at radius 2 is 1.47 bits per heavy atom. The molecule has 0 unspecified atom stereocenters. The van der Waals surface area contributed by atoms with E-state index in [0.717, 1.165) is 40.9 Å². The number of aliphatic hydroxyl groups excluding tert-OH is 1. The third-order valence-corrected chi connectivity index (χ3v) is 27.4. The van der Waals surface area contributed by atoms with Crippen molar-refractivity contribution in [2.24, 2.45) is 35.5 Å². The van der Waals surface area contributed by atoms with Crippen molar-refractivity contribution in [2.45, 2.75) is 213 Å². The number of ketones is 3. The lowest BCUT2D eigenvalue weighted by Gasteiger charge is -2.42. The fourth-order valence-electron chi connectivity index (χ4n) is 19.4. The third kappa shape index (κ3) is 23.9. The molecule has 15 atom stereocenters. The first-order valence-corrected chi connectivity index (χ1v) is 46.7. The second-order valence-electron chi connectivity index (χ2n) is 36.8. The molecule has 0 spiro atoms.